The summed E-state index contributed by atoms with van der Waals surface area (Å²) in [6, 6.07) is 16.3. The number of hydrogen-bond acceptors (Lipinski definition) is 3. The van der Waals surface area contributed by atoms with Crippen molar-refractivity contribution >= 4 is 11.3 Å². The topological polar surface area (TPSA) is 38.9 Å². The summed E-state index contributed by atoms with van der Waals surface area (Å²) in [5, 5.41) is 2.93. The molecule has 4 heteroatoms. The van der Waals surface area contributed by atoms with Gasteiger partial charge in [-0.2, -0.15) is 0 Å². The summed E-state index contributed by atoms with van der Waals surface area (Å²) in [5.74, 6) is -0.259. The molecule has 0 saturated heterocycles. The first-order valence-electron chi connectivity index (χ1n) is 6.74. The van der Waals surface area contributed by atoms with Crippen LogP contribution in [-0.2, 0) is 6.42 Å². The highest BCUT2D eigenvalue weighted by Crippen LogP contribution is 2.25. The van der Waals surface area contributed by atoms with Crippen LogP contribution in [0.2, 0.25) is 0 Å². The Kier molecular flexibility index (Phi) is 4.08. The number of nitrogens with two attached hydrogens (primary N) is 1. The van der Waals surface area contributed by atoms with Crippen LogP contribution in [-0.4, -0.2) is 4.98 Å². The zero-order valence-electron chi connectivity index (χ0n) is 11.4. The number of benzene rings is 2. The van der Waals surface area contributed by atoms with Crippen LogP contribution in [0.15, 0.2) is 60.0 Å². The molecule has 2 aromatic carbocycles. The molecule has 0 bridgehead atoms. The van der Waals surface area contributed by atoms with Gasteiger partial charge < -0.3 is 5.73 Å². The summed E-state index contributed by atoms with van der Waals surface area (Å²) in [6.07, 6.45) is 0.540. The Labute approximate surface area is 127 Å². The second kappa shape index (κ2) is 6.16. The van der Waals surface area contributed by atoms with E-state index in [0.29, 0.717) is 12.0 Å². The minimum atomic E-state index is -0.374. The third kappa shape index (κ3) is 3.17. The fraction of sp³-hybridized carbons (Fsp3) is 0.118. The quantitative estimate of drug-likeness (QED) is 0.784. The lowest BCUT2D eigenvalue weighted by Gasteiger charge is -2.10. The second-order valence-corrected chi connectivity index (χ2v) is 5.77. The van der Waals surface area contributed by atoms with Crippen molar-refractivity contribution in [2.45, 2.75) is 12.5 Å². The first-order chi connectivity index (χ1) is 10.2. The van der Waals surface area contributed by atoms with Gasteiger partial charge in [0.05, 0.1) is 10.7 Å². The minimum Gasteiger partial charge on any atom is -0.324 e. The molecule has 2 nitrogen and oxygen atoms in total. The van der Waals surface area contributed by atoms with Crippen LogP contribution in [0.3, 0.4) is 0 Å². The standard InChI is InChI=1S/C17H15FN2S/c18-14-9-5-4-8-13(14)15(19)10-17-20-16(11-21-17)12-6-2-1-3-7-12/h1-9,11,15H,10,19H2. The zero-order valence-corrected chi connectivity index (χ0v) is 12.2. The molecule has 2 N–H and O–H groups in total. The van der Waals surface area contributed by atoms with Crippen LogP contribution >= 0.6 is 11.3 Å². The molecule has 1 heterocycles. The lowest BCUT2D eigenvalue weighted by Crippen LogP contribution is -2.14. The number of hydrogen-bond donors (Lipinski definition) is 1. The summed E-state index contributed by atoms with van der Waals surface area (Å²) in [4.78, 5) is 4.59. The predicted molar refractivity (Wildman–Crippen MR) is 84.6 cm³/mol. The molecule has 0 radical (unpaired) electrons. The fourth-order valence-corrected chi connectivity index (χ4v) is 3.08. The van der Waals surface area contributed by atoms with Crippen molar-refractivity contribution in [2.24, 2.45) is 5.73 Å². The van der Waals surface area contributed by atoms with Crippen molar-refractivity contribution in [3.05, 3.63) is 76.4 Å². The molecule has 0 spiro atoms. The largest absolute Gasteiger partial charge is 0.324 e. The Balaban J connectivity index is 1.77. The molecule has 0 amide bonds. The van der Waals surface area contributed by atoms with Crippen molar-refractivity contribution in [3.8, 4) is 11.3 Å². The predicted octanol–water partition coefficient (Wildman–Crippen LogP) is 4.19. The van der Waals surface area contributed by atoms with E-state index in [0.717, 1.165) is 16.3 Å². The molecule has 21 heavy (non-hydrogen) atoms. The molecule has 0 fully saturated rings. The van der Waals surface area contributed by atoms with E-state index in [1.54, 1.807) is 29.5 Å². The van der Waals surface area contributed by atoms with Gasteiger partial charge in [-0.25, -0.2) is 9.37 Å². The number of rotatable bonds is 4. The maximum absolute atomic E-state index is 13.7. The average molecular weight is 298 g/mol. The molecular formula is C17H15FN2S. The Morgan fingerprint density at radius 1 is 1.05 bits per heavy atom. The van der Waals surface area contributed by atoms with Crippen molar-refractivity contribution in [3.63, 3.8) is 0 Å². The number of nitrogens with zero attached hydrogens (tertiary/aromatic N) is 1. The van der Waals surface area contributed by atoms with Gasteiger partial charge in [-0.15, -0.1) is 11.3 Å². The third-order valence-corrected chi connectivity index (χ3v) is 4.19. The van der Waals surface area contributed by atoms with Gasteiger partial charge in [0, 0.05) is 29.0 Å². The SMILES string of the molecule is NC(Cc1nc(-c2ccccc2)cs1)c1ccccc1F. The van der Waals surface area contributed by atoms with E-state index in [1.165, 1.54) is 6.07 Å². The summed E-state index contributed by atoms with van der Waals surface area (Å²) in [5.41, 5.74) is 8.66. The molecule has 0 saturated carbocycles. The maximum atomic E-state index is 13.7. The van der Waals surface area contributed by atoms with Crippen LogP contribution in [0.25, 0.3) is 11.3 Å². The number of thiazole rings is 1. The molecule has 3 aromatic rings. The van der Waals surface area contributed by atoms with Crippen LogP contribution < -0.4 is 5.73 Å². The fourth-order valence-electron chi connectivity index (χ4n) is 2.22. The van der Waals surface area contributed by atoms with Crippen LogP contribution in [0, 0.1) is 5.82 Å². The molecule has 3 rings (SSSR count). The molecule has 1 aromatic heterocycles. The normalized spacial score (nSPS) is 12.3. The highest BCUT2D eigenvalue weighted by atomic mass is 32.1. The first kappa shape index (κ1) is 13.9. The van der Waals surface area contributed by atoms with E-state index in [2.05, 4.69) is 4.98 Å². The van der Waals surface area contributed by atoms with Crippen molar-refractivity contribution < 1.29 is 4.39 Å². The van der Waals surface area contributed by atoms with Crippen molar-refractivity contribution in [1.82, 2.24) is 4.98 Å². The van der Waals surface area contributed by atoms with E-state index in [9.17, 15) is 4.39 Å². The molecule has 1 unspecified atom stereocenters. The lowest BCUT2D eigenvalue weighted by molar-refractivity contribution is 0.580. The monoisotopic (exact) mass is 298 g/mol. The van der Waals surface area contributed by atoms with Gasteiger partial charge in [0.15, 0.2) is 0 Å². The molecule has 106 valence electrons. The molecule has 1 atom stereocenters. The number of halogens is 1. The van der Waals surface area contributed by atoms with E-state index in [-0.39, 0.29) is 11.9 Å². The molecule has 0 aliphatic heterocycles. The van der Waals surface area contributed by atoms with Crippen molar-refractivity contribution in [1.29, 1.82) is 0 Å². The van der Waals surface area contributed by atoms with Crippen LogP contribution in [0.1, 0.15) is 16.6 Å². The highest BCUT2D eigenvalue weighted by Gasteiger charge is 2.14. The van der Waals surface area contributed by atoms with Gasteiger partial charge in [0.2, 0.25) is 0 Å². The van der Waals surface area contributed by atoms with Gasteiger partial charge in [-0.1, -0.05) is 48.5 Å². The van der Waals surface area contributed by atoms with E-state index in [4.69, 9.17) is 5.73 Å². The van der Waals surface area contributed by atoms with Crippen LogP contribution in [0.4, 0.5) is 4.39 Å². The Morgan fingerprint density at radius 2 is 1.76 bits per heavy atom. The molecular weight excluding hydrogens is 283 g/mol. The number of aromatic nitrogens is 1. The summed E-state index contributed by atoms with van der Waals surface area (Å²) in [6.45, 7) is 0. The minimum absolute atomic E-state index is 0.259. The molecule has 0 aliphatic rings. The lowest BCUT2D eigenvalue weighted by atomic mass is 10.0. The maximum Gasteiger partial charge on any atom is 0.127 e. The van der Waals surface area contributed by atoms with Gasteiger partial charge in [-0.3, -0.25) is 0 Å². The van der Waals surface area contributed by atoms with E-state index >= 15 is 0 Å². The van der Waals surface area contributed by atoms with Gasteiger partial charge in [0.25, 0.3) is 0 Å². The Hall–Kier alpha value is -2.04. The summed E-state index contributed by atoms with van der Waals surface area (Å²) < 4.78 is 13.7. The first-order valence-corrected chi connectivity index (χ1v) is 7.62. The summed E-state index contributed by atoms with van der Waals surface area (Å²) >= 11 is 1.56. The smallest absolute Gasteiger partial charge is 0.127 e. The van der Waals surface area contributed by atoms with Crippen molar-refractivity contribution in [2.75, 3.05) is 0 Å². The average Bonchev–Trinajstić information content (AvgIpc) is 2.97. The third-order valence-electron chi connectivity index (χ3n) is 3.32. The molecule has 0 aliphatic carbocycles. The Morgan fingerprint density at radius 3 is 2.52 bits per heavy atom. The van der Waals surface area contributed by atoms with E-state index in [1.807, 2.05) is 35.7 Å². The zero-order chi connectivity index (χ0) is 14.7. The van der Waals surface area contributed by atoms with Gasteiger partial charge >= 0.3 is 0 Å². The highest BCUT2D eigenvalue weighted by molar-refractivity contribution is 7.09. The second-order valence-electron chi connectivity index (χ2n) is 4.82. The van der Waals surface area contributed by atoms with Gasteiger partial charge in [0.1, 0.15) is 5.82 Å². The Bertz CT molecular complexity index is 724. The van der Waals surface area contributed by atoms with Crippen LogP contribution in [0.5, 0.6) is 0 Å². The van der Waals surface area contributed by atoms with Gasteiger partial charge in [-0.05, 0) is 6.07 Å². The van der Waals surface area contributed by atoms with E-state index < -0.39 is 0 Å². The summed E-state index contributed by atoms with van der Waals surface area (Å²) in [7, 11) is 0.